The van der Waals surface area contributed by atoms with Crippen molar-refractivity contribution < 1.29 is 79.9 Å². The Kier molecular flexibility index (Phi) is 9.54. The fourth-order valence-corrected chi connectivity index (χ4v) is 3.84. The molecule has 34 heavy (non-hydrogen) atoms. The molecule has 200 valence electrons. The van der Waals surface area contributed by atoms with Gasteiger partial charge in [-0.05, 0) is 0 Å². The second-order valence-corrected chi connectivity index (χ2v) is 8.42. The Balaban J connectivity index is 1.58. The smallest absolute Gasteiger partial charge is 0.186 e. The molecule has 3 saturated heterocycles. The van der Waals surface area contributed by atoms with Gasteiger partial charge in [0.1, 0.15) is 73.2 Å². The molecule has 0 saturated carbocycles. The largest absolute Gasteiger partial charge is 0.394 e. The molecule has 0 aromatic carbocycles. The molecule has 0 bridgehead atoms. The van der Waals surface area contributed by atoms with E-state index < -0.39 is 112 Å². The summed E-state index contributed by atoms with van der Waals surface area (Å²) < 4.78 is 26.1. The quantitative estimate of drug-likeness (QED) is 0.154. The Labute approximate surface area is 192 Å². The van der Waals surface area contributed by atoms with Gasteiger partial charge in [0.05, 0.1) is 19.8 Å². The van der Waals surface area contributed by atoms with Gasteiger partial charge in [-0.25, -0.2) is 0 Å². The summed E-state index contributed by atoms with van der Waals surface area (Å²) in [6.45, 7) is -1.84. The number of ether oxygens (including phenoxy) is 5. The van der Waals surface area contributed by atoms with Crippen LogP contribution in [0.4, 0.5) is 0 Å². The Morgan fingerprint density at radius 2 is 0.824 bits per heavy atom. The molecule has 3 heterocycles. The average Bonchev–Trinajstić information content (AvgIpc) is 2.82. The summed E-state index contributed by atoms with van der Waals surface area (Å²) in [7, 11) is 0. The maximum absolute atomic E-state index is 10.2. The Bertz CT molecular complexity index is 639. The maximum Gasteiger partial charge on any atom is 0.186 e. The monoisotopic (exact) mass is 504 g/mol. The summed E-state index contributed by atoms with van der Waals surface area (Å²) in [6.07, 6.45) is -24.4. The number of aliphatic hydroxyl groups excluding tert-OH is 11. The predicted molar refractivity (Wildman–Crippen MR) is 101 cm³/mol. The lowest BCUT2D eigenvalue weighted by Gasteiger charge is -2.43. The van der Waals surface area contributed by atoms with Gasteiger partial charge in [-0.15, -0.1) is 0 Å². The first-order valence-electron chi connectivity index (χ1n) is 10.6. The zero-order valence-corrected chi connectivity index (χ0v) is 17.7. The van der Waals surface area contributed by atoms with E-state index in [1.165, 1.54) is 0 Å². The summed E-state index contributed by atoms with van der Waals surface area (Å²) >= 11 is 0. The third-order valence-corrected chi connectivity index (χ3v) is 6.05. The highest BCUT2D eigenvalue weighted by Crippen LogP contribution is 2.27. The van der Waals surface area contributed by atoms with Crippen LogP contribution in [0.5, 0.6) is 0 Å². The summed E-state index contributed by atoms with van der Waals surface area (Å²) in [6, 6.07) is 0. The number of hydrogen-bond donors (Lipinski definition) is 11. The number of rotatable bonds is 7. The summed E-state index contributed by atoms with van der Waals surface area (Å²) in [5.41, 5.74) is 0. The molecule has 16 nitrogen and oxygen atoms in total. The van der Waals surface area contributed by atoms with Crippen molar-refractivity contribution in [2.75, 3.05) is 19.8 Å². The second kappa shape index (κ2) is 11.6. The standard InChI is InChI=1S/C18H32O16/c19-1-4-7(20)11(24)14(27)17(33-4)31-3-6-9(22)12(25)15(28)18(34-6)30-2-5-8(21)10(23)13(26)16(29)32-5/h4-29H,1-3H2/t4-,5-,6?,7-,8-,9-,10+,11+,12+,13?,14-,15-,16?,17-,18-/m1/s1. The van der Waals surface area contributed by atoms with Crippen LogP contribution in [-0.4, -0.2) is 168 Å². The fraction of sp³-hybridized carbons (Fsp3) is 1.00. The van der Waals surface area contributed by atoms with Crippen molar-refractivity contribution in [3.05, 3.63) is 0 Å². The zero-order chi connectivity index (χ0) is 25.3. The third-order valence-electron chi connectivity index (χ3n) is 6.05. The highest BCUT2D eigenvalue weighted by Gasteiger charge is 2.48. The molecule has 11 N–H and O–H groups in total. The Morgan fingerprint density at radius 3 is 1.29 bits per heavy atom. The van der Waals surface area contributed by atoms with E-state index in [2.05, 4.69) is 0 Å². The van der Waals surface area contributed by atoms with Crippen molar-refractivity contribution in [1.29, 1.82) is 0 Å². The molecular formula is C18H32O16. The molecule has 0 aromatic heterocycles. The van der Waals surface area contributed by atoms with Crippen LogP contribution in [0.25, 0.3) is 0 Å². The van der Waals surface area contributed by atoms with Gasteiger partial charge in [0.15, 0.2) is 18.9 Å². The average molecular weight is 504 g/mol. The highest BCUT2D eigenvalue weighted by atomic mass is 16.7. The molecule has 3 rings (SSSR count). The molecular weight excluding hydrogens is 472 g/mol. The van der Waals surface area contributed by atoms with Crippen molar-refractivity contribution in [2.45, 2.75) is 92.1 Å². The van der Waals surface area contributed by atoms with Crippen LogP contribution >= 0.6 is 0 Å². The zero-order valence-electron chi connectivity index (χ0n) is 17.7. The molecule has 0 aliphatic carbocycles. The highest BCUT2D eigenvalue weighted by molar-refractivity contribution is 4.92. The lowest BCUT2D eigenvalue weighted by atomic mass is 9.98. The number of hydrogen-bond acceptors (Lipinski definition) is 16. The van der Waals surface area contributed by atoms with Gasteiger partial charge in [-0.2, -0.15) is 0 Å². The second-order valence-electron chi connectivity index (χ2n) is 8.42. The summed E-state index contributed by atoms with van der Waals surface area (Å²) in [4.78, 5) is 0. The molecule has 0 aromatic rings. The minimum Gasteiger partial charge on any atom is -0.394 e. The molecule has 3 unspecified atom stereocenters. The summed E-state index contributed by atoms with van der Waals surface area (Å²) in [5.74, 6) is 0. The molecule has 0 amide bonds. The van der Waals surface area contributed by atoms with E-state index >= 15 is 0 Å². The van der Waals surface area contributed by atoms with E-state index in [0.717, 1.165) is 0 Å². The van der Waals surface area contributed by atoms with E-state index in [1.54, 1.807) is 0 Å². The van der Waals surface area contributed by atoms with Crippen LogP contribution in [0.3, 0.4) is 0 Å². The van der Waals surface area contributed by atoms with Gasteiger partial charge < -0.3 is 79.9 Å². The van der Waals surface area contributed by atoms with Crippen LogP contribution in [0.1, 0.15) is 0 Å². The van der Waals surface area contributed by atoms with Crippen LogP contribution in [-0.2, 0) is 23.7 Å². The van der Waals surface area contributed by atoms with E-state index in [-0.39, 0.29) is 0 Å². The Morgan fingerprint density at radius 1 is 0.441 bits per heavy atom. The molecule has 3 aliphatic heterocycles. The minimum absolute atomic E-state index is 0.570. The van der Waals surface area contributed by atoms with Crippen LogP contribution < -0.4 is 0 Å². The van der Waals surface area contributed by atoms with E-state index in [9.17, 15) is 56.2 Å². The lowest BCUT2D eigenvalue weighted by Crippen LogP contribution is -2.62. The molecule has 16 heteroatoms. The van der Waals surface area contributed by atoms with Crippen molar-refractivity contribution in [2.24, 2.45) is 0 Å². The first-order chi connectivity index (χ1) is 16.0. The van der Waals surface area contributed by atoms with Crippen molar-refractivity contribution >= 4 is 0 Å². The van der Waals surface area contributed by atoms with Crippen LogP contribution in [0.15, 0.2) is 0 Å². The topological polar surface area (TPSA) is 269 Å². The maximum atomic E-state index is 10.2. The SMILES string of the molecule is OC[C@H]1O[C@@H](OCC2O[C@@H](OC[C@H]3OC(O)C(O)[C@@H](O)[C@@H]3O)[C@H](O)[C@@H](O)[C@@H]2O)[C@H](O)[C@@H](O)[C@@H]1O. The third kappa shape index (κ3) is 5.68. The van der Waals surface area contributed by atoms with Gasteiger partial charge in [0.2, 0.25) is 0 Å². The molecule has 0 radical (unpaired) electrons. The van der Waals surface area contributed by atoms with Gasteiger partial charge in [0, 0.05) is 0 Å². The lowest BCUT2D eigenvalue weighted by molar-refractivity contribution is -0.340. The van der Waals surface area contributed by atoms with Gasteiger partial charge in [-0.1, -0.05) is 0 Å². The van der Waals surface area contributed by atoms with Gasteiger partial charge in [-0.3, -0.25) is 0 Å². The van der Waals surface area contributed by atoms with Gasteiger partial charge >= 0.3 is 0 Å². The van der Waals surface area contributed by atoms with Crippen molar-refractivity contribution in [3.8, 4) is 0 Å². The molecule has 3 fully saturated rings. The fourth-order valence-electron chi connectivity index (χ4n) is 3.84. The van der Waals surface area contributed by atoms with Crippen molar-refractivity contribution in [1.82, 2.24) is 0 Å². The van der Waals surface area contributed by atoms with Crippen LogP contribution in [0, 0.1) is 0 Å². The first kappa shape index (κ1) is 27.9. The first-order valence-corrected chi connectivity index (χ1v) is 10.6. The molecule has 3 aliphatic rings. The normalized spacial score (nSPS) is 52.5. The van der Waals surface area contributed by atoms with Crippen molar-refractivity contribution in [3.63, 3.8) is 0 Å². The Hall–Kier alpha value is -0.640. The minimum atomic E-state index is -1.82. The van der Waals surface area contributed by atoms with Gasteiger partial charge in [0.25, 0.3) is 0 Å². The molecule has 15 atom stereocenters. The van der Waals surface area contributed by atoms with E-state index in [4.69, 9.17) is 23.7 Å². The predicted octanol–water partition coefficient (Wildman–Crippen LogP) is -7.57. The van der Waals surface area contributed by atoms with Crippen LogP contribution in [0.2, 0.25) is 0 Å². The van der Waals surface area contributed by atoms with E-state index in [1.807, 2.05) is 0 Å². The molecule has 0 spiro atoms. The van der Waals surface area contributed by atoms with E-state index in [0.29, 0.717) is 0 Å². The summed E-state index contributed by atoms with van der Waals surface area (Å²) in [5, 5.41) is 108. The number of aliphatic hydroxyl groups is 11.